The number of hydrogen-bond donors (Lipinski definition) is 1. The fraction of sp³-hybridized carbons (Fsp3) is 0.222. The average molecular weight is 441 g/mol. The Bertz CT molecular complexity index is 1250. The normalized spacial score (nSPS) is 10.8. The Morgan fingerprint density at radius 1 is 0.909 bits per heavy atom. The molecule has 1 heterocycles. The van der Waals surface area contributed by atoms with Gasteiger partial charge in [-0.25, -0.2) is 0 Å². The van der Waals surface area contributed by atoms with E-state index in [-0.39, 0.29) is 12.5 Å². The van der Waals surface area contributed by atoms with Crippen LogP contribution in [0.15, 0.2) is 72.8 Å². The van der Waals surface area contributed by atoms with Crippen LogP contribution in [0.2, 0.25) is 0 Å². The van der Waals surface area contributed by atoms with Gasteiger partial charge in [0, 0.05) is 35.1 Å². The highest BCUT2D eigenvalue weighted by Crippen LogP contribution is 2.31. The molecule has 0 aliphatic rings. The number of fused-ring (bicyclic) bond motifs is 1. The third kappa shape index (κ3) is 5.12. The molecule has 6 heteroatoms. The average Bonchev–Trinajstić information content (AvgIpc) is 2.84. The first-order chi connectivity index (χ1) is 16.1. The largest absolute Gasteiger partial charge is 0.484 e. The zero-order valence-corrected chi connectivity index (χ0v) is 19.2. The van der Waals surface area contributed by atoms with E-state index in [1.807, 2.05) is 74.5 Å². The van der Waals surface area contributed by atoms with E-state index < -0.39 is 0 Å². The number of aryl methyl sites for hydroxylation is 1. The minimum atomic E-state index is -0.0161. The summed E-state index contributed by atoms with van der Waals surface area (Å²) in [5, 5.41) is 14.4. The van der Waals surface area contributed by atoms with E-state index >= 15 is 0 Å². The molecular formula is C27H28N4O2. The molecule has 0 aliphatic heterocycles. The second kappa shape index (κ2) is 10.1. The van der Waals surface area contributed by atoms with Crippen molar-refractivity contribution in [3.63, 3.8) is 0 Å². The number of aromatic nitrogens is 2. The van der Waals surface area contributed by atoms with Crippen LogP contribution in [-0.2, 0) is 4.79 Å². The molecule has 0 fully saturated rings. The van der Waals surface area contributed by atoms with Gasteiger partial charge in [0.05, 0.1) is 0 Å². The molecule has 1 amide bonds. The molecule has 168 valence electrons. The second-order valence-electron chi connectivity index (χ2n) is 7.82. The molecule has 0 unspecified atom stereocenters. The molecule has 1 N–H and O–H groups in total. The van der Waals surface area contributed by atoms with Crippen molar-refractivity contribution in [3.8, 4) is 17.0 Å². The zero-order valence-electron chi connectivity index (χ0n) is 19.2. The van der Waals surface area contributed by atoms with Crippen molar-refractivity contribution in [2.45, 2.75) is 20.8 Å². The van der Waals surface area contributed by atoms with Crippen molar-refractivity contribution in [1.29, 1.82) is 0 Å². The lowest BCUT2D eigenvalue weighted by molar-refractivity contribution is -0.132. The molecule has 0 radical (unpaired) electrons. The van der Waals surface area contributed by atoms with Crippen LogP contribution in [0.25, 0.3) is 22.0 Å². The van der Waals surface area contributed by atoms with Gasteiger partial charge in [0.15, 0.2) is 12.4 Å². The Labute approximate surface area is 194 Å². The van der Waals surface area contributed by atoms with Crippen LogP contribution in [-0.4, -0.2) is 40.7 Å². The van der Waals surface area contributed by atoms with Gasteiger partial charge in [-0.3, -0.25) is 4.79 Å². The van der Waals surface area contributed by atoms with Crippen LogP contribution in [0.1, 0.15) is 19.4 Å². The third-order valence-electron chi connectivity index (χ3n) is 5.57. The van der Waals surface area contributed by atoms with E-state index in [1.54, 1.807) is 4.90 Å². The highest BCUT2D eigenvalue weighted by atomic mass is 16.5. The van der Waals surface area contributed by atoms with Crippen LogP contribution in [0.5, 0.6) is 5.75 Å². The number of amides is 1. The maximum absolute atomic E-state index is 12.2. The summed E-state index contributed by atoms with van der Waals surface area (Å²) in [6.45, 7) is 7.37. The van der Waals surface area contributed by atoms with Gasteiger partial charge >= 0.3 is 0 Å². The fourth-order valence-corrected chi connectivity index (χ4v) is 3.79. The first-order valence-electron chi connectivity index (χ1n) is 11.2. The van der Waals surface area contributed by atoms with Gasteiger partial charge in [-0.05, 0) is 62.7 Å². The topological polar surface area (TPSA) is 67.4 Å². The van der Waals surface area contributed by atoms with E-state index in [2.05, 4.69) is 34.6 Å². The Balaban J connectivity index is 1.57. The predicted octanol–water partition coefficient (Wildman–Crippen LogP) is 5.60. The Hall–Kier alpha value is -3.93. The lowest BCUT2D eigenvalue weighted by Gasteiger charge is -2.18. The first kappa shape index (κ1) is 22.3. The Kier molecular flexibility index (Phi) is 6.83. The molecule has 3 aromatic carbocycles. The van der Waals surface area contributed by atoms with Gasteiger partial charge in [-0.15, -0.1) is 10.2 Å². The number of likely N-dealkylation sites (N-methyl/N-ethyl adjacent to an activating group) is 1. The third-order valence-corrected chi connectivity index (χ3v) is 5.57. The predicted molar refractivity (Wildman–Crippen MR) is 133 cm³/mol. The second-order valence-corrected chi connectivity index (χ2v) is 7.82. The number of carbonyl (C=O) groups is 1. The number of nitrogens with one attached hydrogen (secondary N) is 1. The van der Waals surface area contributed by atoms with Gasteiger partial charge in [0.25, 0.3) is 5.91 Å². The zero-order chi connectivity index (χ0) is 23.2. The Morgan fingerprint density at radius 3 is 2.33 bits per heavy atom. The summed E-state index contributed by atoms with van der Waals surface area (Å²) in [7, 11) is 0. The van der Waals surface area contributed by atoms with Crippen LogP contribution >= 0.6 is 0 Å². The number of hydrogen-bond acceptors (Lipinski definition) is 5. The highest BCUT2D eigenvalue weighted by molar-refractivity contribution is 6.00. The number of ether oxygens (including phenoxy) is 1. The highest BCUT2D eigenvalue weighted by Gasteiger charge is 2.13. The van der Waals surface area contributed by atoms with Crippen molar-refractivity contribution in [1.82, 2.24) is 15.1 Å². The van der Waals surface area contributed by atoms with Crippen LogP contribution in [0, 0.1) is 6.92 Å². The SMILES string of the molecule is CCN(CC)C(=O)COc1ccc(-c2nnc(Nc3cccc(C)c3)c3ccccc23)cc1. The van der Waals surface area contributed by atoms with Gasteiger partial charge in [0.2, 0.25) is 0 Å². The molecule has 0 saturated carbocycles. The standard InChI is InChI=1S/C27H28N4O2/c1-4-31(5-2)25(32)18-33-22-15-13-20(14-16-22)26-23-11-6-7-12-24(23)27(30-29-26)28-21-10-8-9-19(3)17-21/h6-17H,4-5,18H2,1-3H3,(H,28,30). The number of nitrogens with zero attached hydrogens (tertiary/aromatic N) is 3. The van der Waals surface area contributed by atoms with E-state index in [1.165, 1.54) is 5.56 Å². The van der Waals surface area contributed by atoms with Crippen LogP contribution < -0.4 is 10.1 Å². The van der Waals surface area contributed by atoms with Crippen LogP contribution in [0.4, 0.5) is 11.5 Å². The summed E-state index contributed by atoms with van der Waals surface area (Å²) in [5.74, 6) is 1.35. The quantitative estimate of drug-likeness (QED) is 0.386. The summed E-state index contributed by atoms with van der Waals surface area (Å²) in [6.07, 6.45) is 0. The molecule has 0 saturated heterocycles. The van der Waals surface area contributed by atoms with Crippen molar-refractivity contribution >= 4 is 28.2 Å². The smallest absolute Gasteiger partial charge is 0.260 e. The van der Waals surface area contributed by atoms with Crippen molar-refractivity contribution in [2.75, 3.05) is 25.0 Å². The molecule has 33 heavy (non-hydrogen) atoms. The lowest BCUT2D eigenvalue weighted by Crippen LogP contribution is -2.34. The maximum Gasteiger partial charge on any atom is 0.260 e. The summed E-state index contributed by atoms with van der Waals surface area (Å²) in [4.78, 5) is 13.9. The van der Waals surface area contributed by atoms with Crippen molar-refractivity contribution in [2.24, 2.45) is 0 Å². The van der Waals surface area contributed by atoms with E-state index in [4.69, 9.17) is 4.74 Å². The molecule has 0 aliphatic carbocycles. The van der Waals surface area contributed by atoms with Gasteiger partial charge < -0.3 is 15.0 Å². The summed E-state index contributed by atoms with van der Waals surface area (Å²) in [6, 6.07) is 23.9. The van der Waals surface area contributed by atoms with Gasteiger partial charge in [-0.1, -0.05) is 36.4 Å². The van der Waals surface area contributed by atoms with Crippen molar-refractivity contribution in [3.05, 3.63) is 78.4 Å². The maximum atomic E-state index is 12.2. The molecule has 0 bridgehead atoms. The molecule has 0 spiro atoms. The minimum absolute atomic E-state index is 0.0161. The molecular weight excluding hydrogens is 412 g/mol. The molecule has 1 aromatic heterocycles. The number of anilines is 2. The monoisotopic (exact) mass is 440 g/mol. The summed E-state index contributed by atoms with van der Waals surface area (Å²) >= 11 is 0. The van der Waals surface area contributed by atoms with Gasteiger partial charge in [0.1, 0.15) is 11.4 Å². The molecule has 0 atom stereocenters. The van der Waals surface area contributed by atoms with E-state index in [9.17, 15) is 4.79 Å². The van der Waals surface area contributed by atoms with Crippen LogP contribution in [0.3, 0.4) is 0 Å². The minimum Gasteiger partial charge on any atom is -0.484 e. The summed E-state index contributed by atoms with van der Waals surface area (Å²) in [5.41, 5.74) is 3.88. The van der Waals surface area contributed by atoms with Crippen molar-refractivity contribution < 1.29 is 9.53 Å². The summed E-state index contributed by atoms with van der Waals surface area (Å²) < 4.78 is 5.69. The van der Waals surface area contributed by atoms with E-state index in [0.29, 0.717) is 18.8 Å². The first-order valence-corrected chi connectivity index (χ1v) is 11.2. The lowest BCUT2D eigenvalue weighted by atomic mass is 10.0. The molecule has 4 rings (SSSR count). The van der Waals surface area contributed by atoms with E-state index in [0.717, 1.165) is 33.5 Å². The Morgan fingerprint density at radius 2 is 1.64 bits per heavy atom. The number of rotatable bonds is 8. The number of carbonyl (C=O) groups excluding carboxylic acids is 1. The molecule has 6 nitrogen and oxygen atoms in total. The number of benzene rings is 3. The van der Waals surface area contributed by atoms with Gasteiger partial charge in [-0.2, -0.15) is 0 Å². The molecule has 4 aromatic rings. The fourth-order valence-electron chi connectivity index (χ4n) is 3.79.